The fourth-order valence-corrected chi connectivity index (χ4v) is 4.24. The van der Waals surface area contributed by atoms with Crippen molar-refractivity contribution in [3.05, 3.63) is 94.7 Å². The molecule has 0 saturated heterocycles. The fourth-order valence-electron chi connectivity index (χ4n) is 4.24. The highest BCUT2D eigenvalue weighted by Gasteiger charge is 2.22. The first-order chi connectivity index (χ1) is 14.3. The fraction of sp³-hybridized carbons (Fsp3) is 0.185. The second kappa shape index (κ2) is 7.91. The molecule has 1 aromatic heterocycles. The SMILES string of the molecule is Cc1cc(C)cc(-c2c(/C=C/c3ccccc3)n(C(C)C)c3c(F)cc(F)cc23)c1. The summed E-state index contributed by atoms with van der Waals surface area (Å²) >= 11 is 0. The molecule has 0 radical (unpaired) electrons. The van der Waals surface area contributed by atoms with Gasteiger partial charge in [-0.05, 0) is 51.0 Å². The van der Waals surface area contributed by atoms with Gasteiger partial charge in [0.15, 0.2) is 0 Å². The van der Waals surface area contributed by atoms with Gasteiger partial charge in [-0.3, -0.25) is 0 Å². The second-order valence-corrected chi connectivity index (χ2v) is 8.13. The molecule has 3 aromatic carbocycles. The van der Waals surface area contributed by atoms with Crippen molar-refractivity contribution in [1.82, 2.24) is 4.57 Å². The highest BCUT2D eigenvalue weighted by molar-refractivity contribution is 6.02. The average Bonchev–Trinajstić information content (AvgIpc) is 3.01. The number of hydrogen-bond acceptors (Lipinski definition) is 0. The number of nitrogens with zero attached hydrogens (tertiary/aromatic N) is 1. The molecular formula is C27H25F2N. The molecule has 3 heteroatoms. The Morgan fingerprint density at radius 3 is 2.13 bits per heavy atom. The van der Waals surface area contributed by atoms with E-state index in [1.807, 2.05) is 74.7 Å². The first kappa shape index (κ1) is 20.1. The predicted molar refractivity (Wildman–Crippen MR) is 123 cm³/mol. The topological polar surface area (TPSA) is 4.93 Å². The minimum atomic E-state index is -0.565. The molecule has 0 bridgehead atoms. The highest BCUT2D eigenvalue weighted by Crippen LogP contribution is 2.40. The number of benzene rings is 3. The molecule has 0 unspecified atom stereocenters. The summed E-state index contributed by atoms with van der Waals surface area (Å²) in [7, 11) is 0. The monoisotopic (exact) mass is 401 g/mol. The Kier molecular flexibility index (Phi) is 5.29. The van der Waals surface area contributed by atoms with Crippen LogP contribution in [0.5, 0.6) is 0 Å². The molecule has 30 heavy (non-hydrogen) atoms. The zero-order valence-corrected chi connectivity index (χ0v) is 17.7. The molecule has 0 aliphatic heterocycles. The van der Waals surface area contributed by atoms with Gasteiger partial charge in [-0.25, -0.2) is 8.78 Å². The van der Waals surface area contributed by atoms with Crippen molar-refractivity contribution < 1.29 is 8.78 Å². The number of fused-ring (bicyclic) bond motifs is 1. The normalized spacial score (nSPS) is 11.8. The Bertz CT molecular complexity index is 1230. The van der Waals surface area contributed by atoms with Crippen LogP contribution in [0.3, 0.4) is 0 Å². The van der Waals surface area contributed by atoms with Gasteiger partial charge in [0, 0.05) is 23.1 Å². The third kappa shape index (κ3) is 3.68. The van der Waals surface area contributed by atoms with Gasteiger partial charge in [-0.15, -0.1) is 0 Å². The van der Waals surface area contributed by atoms with E-state index in [1.165, 1.54) is 6.07 Å². The van der Waals surface area contributed by atoms with Crippen molar-refractivity contribution in [2.75, 3.05) is 0 Å². The average molecular weight is 402 g/mol. The molecule has 0 atom stereocenters. The Morgan fingerprint density at radius 1 is 0.833 bits per heavy atom. The number of halogens is 2. The summed E-state index contributed by atoms with van der Waals surface area (Å²) in [6, 6.07) is 18.7. The lowest BCUT2D eigenvalue weighted by Gasteiger charge is -2.14. The quantitative estimate of drug-likeness (QED) is 0.327. The first-order valence-electron chi connectivity index (χ1n) is 10.2. The minimum Gasteiger partial charge on any atom is -0.336 e. The predicted octanol–water partition coefficient (Wildman–Crippen LogP) is 7.95. The second-order valence-electron chi connectivity index (χ2n) is 8.13. The molecule has 0 spiro atoms. The maximum atomic E-state index is 15.0. The van der Waals surface area contributed by atoms with E-state index in [4.69, 9.17) is 0 Å². The van der Waals surface area contributed by atoms with Crippen LogP contribution in [0.1, 0.15) is 42.3 Å². The van der Waals surface area contributed by atoms with Gasteiger partial charge < -0.3 is 4.57 Å². The largest absolute Gasteiger partial charge is 0.336 e. The van der Waals surface area contributed by atoms with Crippen LogP contribution in [0, 0.1) is 25.5 Å². The van der Waals surface area contributed by atoms with Gasteiger partial charge in [0.05, 0.1) is 11.2 Å². The Balaban J connectivity index is 2.10. The van der Waals surface area contributed by atoms with Crippen LogP contribution in [0.15, 0.2) is 60.7 Å². The van der Waals surface area contributed by atoms with Crippen molar-refractivity contribution in [2.24, 2.45) is 0 Å². The number of aromatic nitrogens is 1. The lowest BCUT2D eigenvalue weighted by Crippen LogP contribution is -2.04. The number of hydrogen-bond donors (Lipinski definition) is 0. The van der Waals surface area contributed by atoms with Crippen LogP contribution in [-0.2, 0) is 0 Å². The third-order valence-electron chi connectivity index (χ3n) is 5.31. The molecular weight excluding hydrogens is 376 g/mol. The third-order valence-corrected chi connectivity index (χ3v) is 5.31. The van der Waals surface area contributed by atoms with Crippen molar-refractivity contribution >= 4 is 23.1 Å². The van der Waals surface area contributed by atoms with Crippen molar-refractivity contribution in [3.63, 3.8) is 0 Å². The zero-order valence-electron chi connectivity index (χ0n) is 17.7. The van der Waals surface area contributed by atoms with Crippen molar-refractivity contribution in [3.8, 4) is 11.1 Å². The molecule has 1 nitrogen and oxygen atoms in total. The summed E-state index contributed by atoms with van der Waals surface area (Å²) in [4.78, 5) is 0. The van der Waals surface area contributed by atoms with E-state index in [-0.39, 0.29) is 6.04 Å². The lowest BCUT2D eigenvalue weighted by molar-refractivity contribution is 0.569. The van der Waals surface area contributed by atoms with Crippen molar-refractivity contribution in [1.29, 1.82) is 0 Å². The molecule has 1 heterocycles. The van der Waals surface area contributed by atoms with Crippen LogP contribution >= 0.6 is 0 Å². The Hall–Kier alpha value is -3.20. The molecule has 4 aromatic rings. The van der Waals surface area contributed by atoms with Crippen LogP contribution in [0.2, 0.25) is 0 Å². The molecule has 4 rings (SSSR count). The van der Waals surface area contributed by atoms with Crippen LogP contribution in [-0.4, -0.2) is 4.57 Å². The van der Waals surface area contributed by atoms with Gasteiger partial charge in [-0.1, -0.05) is 65.7 Å². The lowest BCUT2D eigenvalue weighted by atomic mass is 9.97. The molecule has 0 aliphatic carbocycles. The van der Waals surface area contributed by atoms with Gasteiger partial charge >= 0.3 is 0 Å². The highest BCUT2D eigenvalue weighted by atomic mass is 19.1. The molecule has 152 valence electrons. The number of rotatable bonds is 4. The van der Waals surface area contributed by atoms with E-state index < -0.39 is 11.6 Å². The van der Waals surface area contributed by atoms with Crippen LogP contribution in [0.4, 0.5) is 8.78 Å². The van der Waals surface area contributed by atoms with E-state index in [0.29, 0.717) is 10.9 Å². The van der Waals surface area contributed by atoms with Crippen LogP contribution < -0.4 is 0 Å². The maximum Gasteiger partial charge on any atom is 0.150 e. The van der Waals surface area contributed by atoms with E-state index in [0.717, 1.165) is 39.6 Å². The zero-order chi connectivity index (χ0) is 21.4. The summed E-state index contributed by atoms with van der Waals surface area (Å²) in [6.07, 6.45) is 4.03. The maximum absolute atomic E-state index is 15.0. The molecule has 0 fully saturated rings. The smallest absolute Gasteiger partial charge is 0.150 e. The van der Waals surface area contributed by atoms with Gasteiger partial charge in [0.2, 0.25) is 0 Å². The molecule has 0 aliphatic rings. The van der Waals surface area contributed by atoms with E-state index in [9.17, 15) is 4.39 Å². The standard InChI is InChI=1S/C27H25F2N/c1-17(2)30-25(11-10-20-8-6-5-7-9-20)26(21-13-18(3)12-19(4)14-21)23-15-22(28)16-24(29)27(23)30/h5-17H,1-4H3/b11-10+. The number of aryl methyl sites for hydroxylation is 2. The summed E-state index contributed by atoms with van der Waals surface area (Å²) < 4.78 is 31.3. The van der Waals surface area contributed by atoms with Gasteiger partial charge in [0.25, 0.3) is 0 Å². The summed E-state index contributed by atoms with van der Waals surface area (Å²) in [6.45, 7) is 8.12. The Labute approximate surface area is 176 Å². The van der Waals surface area contributed by atoms with Crippen molar-refractivity contribution in [2.45, 2.75) is 33.7 Å². The van der Waals surface area contributed by atoms with Gasteiger partial charge in [-0.2, -0.15) is 0 Å². The summed E-state index contributed by atoms with van der Waals surface area (Å²) in [5.41, 5.74) is 6.42. The van der Waals surface area contributed by atoms with Crippen LogP contribution in [0.25, 0.3) is 34.2 Å². The van der Waals surface area contributed by atoms with E-state index in [1.54, 1.807) is 0 Å². The van der Waals surface area contributed by atoms with E-state index in [2.05, 4.69) is 18.2 Å². The molecule has 0 saturated carbocycles. The molecule has 0 amide bonds. The minimum absolute atomic E-state index is 0.00235. The molecule has 0 N–H and O–H groups in total. The first-order valence-corrected chi connectivity index (χ1v) is 10.2. The van der Waals surface area contributed by atoms with Gasteiger partial charge in [0.1, 0.15) is 11.6 Å². The summed E-state index contributed by atoms with van der Waals surface area (Å²) in [5.74, 6) is -1.10. The Morgan fingerprint density at radius 2 is 1.50 bits per heavy atom. The summed E-state index contributed by atoms with van der Waals surface area (Å²) in [5, 5.41) is 0.596. The van der Waals surface area contributed by atoms with E-state index >= 15 is 4.39 Å².